The molecule has 1 aliphatic carbocycles. The molecule has 0 aromatic carbocycles. The Kier molecular flexibility index (Phi) is 3.76. The molecule has 0 bridgehead atoms. The van der Waals surface area contributed by atoms with Crippen LogP contribution in [0.15, 0.2) is 47.2 Å². The Balaban J connectivity index is 2.24. The average molecular weight is 383 g/mol. The van der Waals surface area contributed by atoms with Gasteiger partial charge in [-0.2, -0.15) is 0 Å². The molecule has 0 amide bonds. The fourth-order valence-electron chi connectivity index (χ4n) is 1.75. The fourth-order valence-corrected chi connectivity index (χ4v) is 2.42. The van der Waals surface area contributed by atoms with Crippen LogP contribution in [0.2, 0.25) is 0 Å². The van der Waals surface area contributed by atoms with Gasteiger partial charge < -0.3 is 0 Å². The number of hydrogen-bond acceptors (Lipinski definition) is 1. The van der Waals surface area contributed by atoms with Gasteiger partial charge in [-0.05, 0) is 0 Å². The molecule has 16 heavy (non-hydrogen) atoms. The van der Waals surface area contributed by atoms with Crippen LogP contribution >= 0.6 is 0 Å². The van der Waals surface area contributed by atoms with E-state index in [9.17, 15) is 0 Å². The second-order valence-electron chi connectivity index (χ2n) is 4.24. The van der Waals surface area contributed by atoms with Crippen LogP contribution in [0, 0.1) is 0 Å². The van der Waals surface area contributed by atoms with Gasteiger partial charge >= 0.3 is 109 Å². The Morgan fingerprint density at radius 2 is 2.12 bits per heavy atom. The summed E-state index contributed by atoms with van der Waals surface area (Å²) in [5.41, 5.74) is 4.10. The summed E-state index contributed by atoms with van der Waals surface area (Å²) in [5, 5.41) is 0. The van der Waals surface area contributed by atoms with Crippen LogP contribution in [0.5, 0.6) is 0 Å². The van der Waals surface area contributed by atoms with Crippen molar-refractivity contribution in [3.05, 3.63) is 47.2 Å². The number of rotatable bonds is 2. The number of hydrogen-bond donors (Lipinski definition) is 0. The van der Waals surface area contributed by atoms with Gasteiger partial charge in [0.05, 0.1) is 0 Å². The Hall–Kier alpha value is -0.682. The number of nitrogens with zero attached hydrogens (tertiary/aromatic N) is 1. The summed E-state index contributed by atoms with van der Waals surface area (Å²) in [5.74, 6) is 0. The summed E-state index contributed by atoms with van der Waals surface area (Å²) >= 11 is 1.54. The van der Waals surface area contributed by atoms with Gasteiger partial charge in [0.2, 0.25) is 0 Å². The van der Waals surface area contributed by atoms with E-state index in [4.69, 9.17) is 0 Å². The van der Waals surface area contributed by atoms with E-state index in [1.54, 1.807) is 19.4 Å². The minimum atomic E-state index is 1.22. The fraction of sp³-hybridized carbons (Fsp3) is 0.357. The zero-order chi connectivity index (χ0) is 11.5. The van der Waals surface area contributed by atoms with Crippen molar-refractivity contribution in [1.29, 1.82) is 0 Å². The number of likely N-dealkylation sites (tertiary alicyclic amines) is 1. The number of allylic oxidation sites excluding steroid dienone is 7. The van der Waals surface area contributed by atoms with Crippen LogP contribution in [0.4, 0.5) is 0 Å². The van der Waals surface area contributed by atoms with Crippen molar-refractivity contribution in [3.8, 4) is 0 Å². The summed E-state index contributed by atoms with van der Waals surface area (Å²) < 4.78 is 1.44. The monoisotopic (exact) mass is 383 g/mol. The Bertz CT molecular complexity index is 420. The summed E-state index contributed by atoms with van der Waals surface area (Å²) in [4.78, 5) is 2.44. The van der Waals surface area contributed by atoms with E-state index in [1.165, 1.54) is 40.3 Å². The molecule has 1 aliphatic heterocycles. The van der Waals surface area contributed by atoms with Gasteiger partial charge in [0.15, 0.2) is 0 Å². The third-order valence-corrected chi connectivity index (χ3v) is 4.39. The molecule has 1 nitrogen and oxygen atoms in total. The van der Waals surface area contributed by atoms with E-state index in [0.717, 1.165) is 0 Å². The third-order valence-electron chi connectivity index (χ3n) is 3.05. The van der Waals surface area contributed by atoms with Crippen LogP contribution in [0.1, 0.15) is 20.3 Å². The van der Waals surface area contributed by atoms with E-state index in [-0.39, 0.29) is 0 Å². The predicted octanol–water partition coefficient (Wildman–Crippen LogP) is 2.76. The molecule has 1 saturated heterocycles. The van der Waals surface area contributed by atoms with Crippen molar-refractivity contribution < 1.29 is 19.4 Å². The zero-order valence-corrected chi connectivity index (χ0v) is 12.8. The van der Waals surface area contributed by atoms with Crippen molar-refractivity contribution in [2.45, 2.75) is 20.3 Å². The normalized spacial score (nSPS) is 23.5. The van der Waals surface area contributed by atoms with Crippen LogP contribution in [-0.2, 0) is 19.4 Å². The molecule has 0 saturated carbocycles. The van der Waals surface area contributed by atoms with Crippen molar-refractivity contribution in [2.75, 3.05) is 13.1 Å². The first-order chi connectivity index (χ1) is 7.70. The first kappa shape index (κ1) is 11.8. The summed E-state index contributed by atoms with van der Waals surface area (Å²) in [6.45, 7) is 6.69. The molecule has 2 heteroatoms. The first-order valence-corrected chi connectivity index (χ1v) is 7.21. The van der Waals surface area contributed by atoms with Crippen LogP contribution in [0.25, 0.3) is 0 Å². The predicted molar refractivity (Wildman–Crippen MR) is 65.9 cm³/mol. The van der Waals surface area contributed by atoms with Crippen LogP contribution in [-0.4, -0.2) is 21.9 Å². The molecule has 0 unspecified atom stereocenters. The van der Waals surface area contributed by atoms with Gasteiger partial charge in [0.25, 0.3) is 0 Å². The molecular weight excluding hydrogens is 366 g/mol. The Morgan fingerprint density at radius 1 is 1.38 bits per heavy atom. The van der Waals surface area contributed by atoms with E-state index >= 15 is 0 Å². The van der Waals surface area contributed by atoms with E-state index in [2.05, 4.69) is 49.1 Å². The zero-order valence-electron chi connectivity index (χ0n) is 9.86. The SMILES string of the molecule is CC=C(C)C=C1C=C(N2CCC2)C=C[C]1=[W]. The molecule has 0 N–H and O–H groups in total. The maximum absolute atomic E-state index is 2.44. The van der Waals surface area contributed by atoms with Crippen LogP contribution in [0.3, 0.4) is 0 Å². The molecule has 0 spiro atoms. The molecule has 0 aromatic heterocycles. The van der Waals surface area contributed by atoms with Crippen molar-refractivity contribution in [1.82, 2.24) is 4.90 Å². The van der Waals surface area contributed by atoms with Gasteiger partial charge in [-0.1, -0.05) is 0 Å². The first-order valence-electron chi connectivity index (χ1n) is 5.74. The molecule has 84 valence electrons. The second kappa shape index (κ2) is 5.10. The minimum absolute atomic E-state index is 1.22. The summed E-state index contributed by atoms with van der Waals surface area (Å²) in [7, 11) is 0. The van der Waals surface area contributed by atoms with Gasteiger partial charge in [0, 0.05) is 0 Å². The molecule has 1 heterocycles. The molecule has 2 rings (SSSR count). The topological polar surface area (TPSA) is 3.24 Å². The standard InChI is InChI=1S/C14H17N.W/c1-3-12(2)10-13-6-4-7-14(11-13)15-8-5-9-15;/h3-4,7,10-11H,5,8-9H2,1-2H3;. The molecule has 2 aliphatic rings. The van der Waals surface area contributed by atoms with E-state index in [1.807, 2.05) is 0 Å². The molecule has 0 aromatic rings. The van der Waals surface area contributed by atoms with Gasteiger partial charge in [-0.15, -0.1) is 0 Å². The molecule has 0 radical (unpaired) electrons. The molecule has 1 fully saturated rings. The molecular formula is C14H17NW. The van der Waals surface area contributed by atoms with Crippen molar-refractivity contribution >= 4 is 3.90 Å². The third kappa shape index (κ3) is 2.52. The summed E-state index contributed by atoms with van der Waals surface area (Å²) in [6, 6.07) is 0. The Labute approximate surface area is 109 Å². The van der Waals surface area contributed by atoms with E-state index < -0.39 is 0 Å². The average Bonchev–Trinajstić information content (AvgIpc) is 2.20. The van der Waals surface area contributed by atoms with Crippen molar-refractivity contribution in [2.24, 2.45) is 0 Å². The van der Waals surface area contributed by atoms with Gasteiger partial charge in [-0.25, -0.2) is 0 Å². The van der Waals surface area contributed by atoms with Gasteiger partial charge in [-0.3, -0.25) is 0 Å². The summed E-state index contributed by atoms with van der Waals surface area (Å²) in [6.07, 6.45) is 12.6. The van der Waals surface area contributed by atoms with Crippen molar-refractivity contribution in [3.63, 3.8) is 0 Å². The van der Waals surface area contributed by atoms with Gasteiger partial charge in [0.1, 0.15) is 0 Å². The maximum atomic E-state index is 2.44. The molecule has 0 atom stereocenters. The Morgan fingerprint density at radius 3 is 2.69 bits per heavy atom. The quantitative estimate of drug-likeness (QED) is 0.709. The van der Waals surface area contributed by atoms with Crippen LogP contribution < -0.4 is 0 Å². The second-order valence-corrected chi connectivity index (χ2v) is 5.82. The van der Waals surface area contributed by atoms with E-state index in [0.29, 0.717) is 0 Å².